The molecule has 0 saturated carbocycles. The van der Waals surface area contributed by atoms with Crippen LogP contribution in [0.3, 0.4) is 0 Å². The molecule has 0 spiro atoms. The number of piperazine rings is 1. The Morgan fingerprint density at radius 3 is 2.75 bits per heavy atom. The van der Waals surface area contributed by atoms with Gasteiger partial charge in [0.1, 0.15) is 5.76 Å². The summed E-state index contributed by atoms with van der Waals surface area (Å²) >= 11 is 0. The third-order valence-corrected chi connectivity index (χ3v) is 3.37. The third kappa shape index (κ3) is 2.47. The molecule has 90 valence electrons. The Kier molecular flexibility index (Phi) is 2.84. The summed E-state index contributed by atoms with van der Waals surface area (Å²) < 4.78 is 5.44. The van der Waals surface area contributed by atoms with Crippen molar-refractivity contribution in [3.63, 3.8) is 0 Å². The van der Waals surface area contributed by atoms with Crippen molar-refractivity contribution < 1.29 is 4.42 Å². The minimum atomic E-state index is 0.183. The summed E-state index contributed by atoms with van der Waals surface area (Å²) in [6.07, 6.45) is 1.75. The molecule has 0 bridgehead atoms. The van der Waals surface area contributed by atoms with Crippen molar-refractivity contribution in [1.82, 2.24) is 10.2 Å². The van der Waals surface area contributed by atoms with Crippen molar-refractivity contribution in [2.24, 2.45) is 0 Å². The molecule has 0 aromatic carbocycles. The van der Waals surface area contributed by atoms with Gasteiger partial charge in [-0.25, -0.2) is 0 Å². The van der Waals surface area contributed by atoms with Crippen LogP contribution in [-0.2, 0) is 6.54 Å². The van der Waals surface area contributed by atoms with Gasteiger partial charge in [-0.2, -0.15) is 0 Å². The molecule has 1 saturated heterocycles. The molecule has 1 fully saturated rings. The smallest absolute Gasteiger partial charge is 0.117 e. The van der Waals surface area contributed by atoms with Crippen LogP contribution in [0.2, 0.25) is 0 Å². The summed E-state index contributed by atoms with van der Waals surface area (Å²) in [4.78, 5) is 2.49. The molecule has 0 amide bonds. The Hall–Kier alpha value is -0.800. The minimum absolute atomic E-state index is 0.183. The van der Waals surface area contributed by atoms with Gasteiger partial charge in [0.15, 0.2) is 0 Å². The summed E-state index contributed by atoms with van der Waals surface area (Å²) in [5.41, 5.74) is 0.365. The van der Waals surface area contributed by atoms with E-state index in [2.05, 4.69) is 37.9 Å². The van der Waals surface area contributed by atoms with Crippen LogP contribution in [0.1, 0.15) is 33.5 Å². The lowest BCUT2D eigenvalue weighted by molar-refractivity contribution is 0.0272. The zero-order chi connectivity index (χ0) is 11.8. The van der Waals surface area contributed by atoms with E-state index in [1.807, 2.05) is 12.1 Å². The van der Waals surface area contributed by atoms with Crippen LogP contribution in [0.25, 0.3) is 0 Å². The number of nitrogens with one attached hydrogen (secondary N) is 1. The lowest BCUT2D eigenvalue weighted by atomic mass is 9.91. The Bertz CT molecular complexity index is 341. The zero-order valence-corrected chi connectivity index (χ0v) is 10.7. The van der Waals surface area contributed by atoms with E-state index in [4.69, 9.17) is 4.42 Å². The molecule has 3 nitrogen and oxygen atoms in total. The number of nitrogens with zero attached hydrogens (tertiary/aromatic N) is 1. The molecule has 0 aliphatic carbocycles. The number of furan rings is 1. The van der Waals surface area contributed by atoms with Gasteiger partial charge in [0.05, 0.1) is 12.8 Å². The molecule has 2 rings (SSSR count). The highest BCUT2D eigenvalue weighted by atomic mass is 16.3. The highest BCUT2D eigenvalue weighted by Gasteiger charge is 2.37. The molecule has 1 aliphatic rings. The van der Waals surface area contributed by atoms with Gasteiger partial charge in [-0.1, -0.05) is 0 Å². The lowest BCUT2D eigenvalue weighted by Gasteiger charge is -2.49. The quantitative estimate of drug-likeness (QED) is 0.832. The lowest BCUT2D eigenvalue weighted by Crippen LogP contribution is -2.65. The first-order chi connectivity index (χ1) is 7.39. The standard InChI is InChI=1S/C13H22N2O/c1-12(2)10-15(13(3,4)9-14-12)8-11-6-5-7-16-11/h5-7,14H,8-10H2,1-4H3. The van der Waals surface area contributed by atoms with Crippen LogP contribution in [0.4, 0.5) is 0 Å². The summed E-state index contributed by atoms with van der Waals surface area (Å²) in [5, 5.41) is 3.59. The van der Waals surface area contributed by atoms with Gasteiger partial charge in [0.25, 0.3) is 0 Å². The van der Waals surface area contributed by atoms with Gasteiger partial charge >= 0.3 is 0 Å². The van der Waals surface area contributed by atoms with Crippen molar-refractivity contribution in [2.45, 2.75) is 45.3 Å². The van der Waals surface area contributed by atoms with Crippen molar-refractivity contribution in [3.8, 4) is 0 Å². The number of hydrogen-bond acceptors (Lipinski definition) is 3. The molecular formula is C13H22N2O. The van der Waals surface area contributed by atoms with Crippen LogP contribution in [0.5, 0.6) is 0 Å². The first-order valence-electron chi connectivity index (χ1n) is 5.92. The highest BCUT2D eigenvalue weighted by Crippen LogP contribution is 2.25. The van der Waals surface area contributed by atoms with E-state index in [9.17, 15) is 0 Å². The summed E-state index contributed by atoms with van der Waals surface area (Å²) in [7, 11) is 0. The van der Waals surface area contributed by atoms with Gasteiger partial charge in [-0.3, -0.25) is 4.90 Å². The summed E-state index contributed by atoms with van der Waals surface area (Å²) in [6, 6.07) is 4.00. The number of hydrogen-bond donors (Lipinski definition) is 1. The zero-order valence-electron chi connectivity index (χ0n) is 10.7. The van der Waals surface area contributed by atoms with Crippen molar-refractivity contribution in [3.05, 3.63) is 24.2 Å². The Balaban J connectivity index is 2.10. The van der Waals surface area contributed by atoms with Crippen molar-refractivity contribution in [1.29, 1.82) is 0 Å². The van der Waals surface area contributed by atoms with Crippen molar-refractivity contribution >= 4 is 0 Å². The van der Waals surface area contributed by atoms with E-state index in [1.54, 1.807) is 6.26 Å². The molecule has 2 heterocycles. The molecule has 1 aromatic heterocycles. The summed E-state index contributed by atoms with van der Waals surface area (Å²) in [6.45, 7) is 12.0. The summed E-state index contributed by atoms with van der Waals surface area (Å²) in [5.74, 6) is 1.05. The first-order valence-corrected chi connectivity index (χ1v) is 5.92. The average Bonchev–Trinajstić information content (AvgIpc) is 2.65. The first kappa shape index (κ1) is 11.7. The maximum absolute atomic E-state index is 5.44. The van der Waals surface area contributed by atoms with Gasteiger partial charge in [0.2, 0.25) is 0 Å². The predicted octanol–water partition coefficient (Wildman–Crippen LogP) is 2.24. The fourth-order valence-electron chi connectivity index (χ4n) is 2.18. The van der Waals surface area contributed by atoms with Crippen LogP contribution in [-0.4, -0.2) is 29.1 Å². The fraction of sp³-hybridized carbons (Fsp3) is 0.692. The maximum atomic E-state index is 5.44. The largest absolute Gasteiger partial charge is 0.468 e. The van der Waals surface area contributed by atoms with Gasteiger partial charge in [-0.05, 0) is 39.8 Å². The highest BCUT2D eigenvalue weighted by molar-refractivity contribution is 5.03. The van der Waals surface area contributed by atoms with E-state index >= 15 is 0 Å². The van der Waals surface area contributed by atoms with Crippen molar-refractivity contribution in [2.75, 3.05) is 13.1 Å². The van der Waals surface area contributed by atoms with E-state index < -0.39 is 0 Å². The molecule has 1 aromatic rings. The monoisotopic (exact) mass is 222 g/mol. The number of rotatable bonds is 2. The van der Waals surface area contributed by atoms with E-state index in [1.165, 1.54) is 0 Å². The third-order valence-electron chi connectivity index (χ3n) is 3.37. The second kappa shape index (κ2) is 3.90. The molecular weight excluding hydrogens is 200 g/mol. The molecule has 0 atom stereocenters. The molecule has 1 N–H and O–H groups in total. The maximum Gasteiger partial charge on any atom is 0.117 e. The Labute approximate surface area is 97.8 Å². The molecule has 0 radical (unpaired) electrons. The second-order valence-corrected chi connectivity index (χ2v) is 5.99. The molecule has 3 heteroatoms. The Morgan fingerprint density at radius 2 is 2.12 bits per heavy atom. The van der Waals surface area contributed by atoms with Crippen LogP contribution < -0.4 is 5.32 Å². The average molecular weight is 222 g/mol. The van der Waals surface area contributed by atoms with Gasteiger partial charge in [0, 0.05) is 24.2 Å². The normalized spacial score (nSPS) is 24.5. The molecule has 1 aliphatic heterocycles. The van der Waals surface area contributed by atoms with Gasteiger partial charge in [-0.15, -0.1) is 0 Å². The van der Waals surface area contributed by atoms with E-state index in [-0.39, 0.29) is 11.1 Å². The second-order valence-electron chi connectivity index (χ2n) is 5.99. The van der Waals surface area contributed by atoms with Crippen LogP contribution in [0, 0.1) is 0 Å². The topological polar surface area (TPSA) is 28.4 Å². The Morgan fingerprint density at radius 1 is 1.38 bits per heavy atom. The minimum Gasteiger partial charge on any atom is -0.468 e. The fourth-order valence-corrected chi connectivity index (χ4v) is 2.18. The molecule has 16 heavy (non-hydrogen) atoms. The van der Waals surface area contributed by atoms with Crippen LogP contribution >= 0.6 is 0 Å². The van der Waals surface area contributed by atoms with Crippen LogP contribution in [0.15, 0.2) is 22.8 Å². The van der Waals surface area contributed by atoms with E-state index in [0.29, 0.717) is 0 Å². The molecule has 0 unspecified atom stereocenters. The predicted molar refractivity (Wildman–Crippen MR) is 65.3 cm³/mol. The SMILES string of the molecule is CC1(C)CN(Cc2ccco2)C(C)(C)CN1. The van der Waals surface area contributed by atoms with Gasteiger partial charge < -0.3 is 9.73 Å². The van der Waals surface area contributed by atoms with E-state index in [0.717, 1.165) is 25.4 Å².